The lowest BCUT2D eigenvalue weighted by Crippen LogP contribution is -2.27. The van der Waals surface area contributed by atoms with Crippen molar-refractivity contribution in [1.29, 1.82) is 0 Å². The first-order valence-electron chi connectivity index (χ1n) is 7.28. The average molecular weight is 374 g/mol. The van der Waals surface area contributed by atoms with E-state index < -0.39 is 0 Å². The summed E-state index contributed by atoms with van der Waals surface area (Å²) in [5.74, 6) is -0.463. The molecule has 0 unspecified atom stereocenters. The third-order valence-corrected chi connectivity index (χ3v) is 5.42. The van der Waals surface area contributed by atoms with Crippen LogP contribution in [-0.2, 0) is 11.3 Å². The summed E-state index contributed by atoms with van der Waals surface area (Å²) in [5.41, 5.74) is 1.11. The predicted molar refractivity (Wildman–Crippen MR) is 98.5 cm³/mol. The summed E-state index contributed by atoms with van der Waals surface area (Å²) in [6.45, 7) is 1.29. The first kappa shape index (κ1) is 17.3. The number of fused-ring (bicyclic) bond motifs is 1. The number of hydrogen-bond donors (Lipinski definition) is 1. The Morgan fingerprint density at radius 3 is 2.88 bits per heavy atom. The van der Waals surface area contributed by atoms with Crippen molar-refractivity contribution >= 4 is 50.8 Å². The number of thiazole rings is 1. The van der Waals surface area contributed by atoms with Crippen LogP contribution in [0.5, 0.6) is 0 Å². The minimum Gasteiger partial charge on any atom is -0.325 e. The van der Waals surface area contributed by atoms with E-state index >= 15 is 0 Å². The highest BCUT2D eigenvalue weighted by molar-refractivity contribution is 8.00. The molecule has 2 heterocycles. The molecule has 128 valence electrons. The fourth-order valence-electron chi connectivity index (χ4n) is 2.20. The highest BCUT2D eigenvalue weighted by Crippen LogP contribution is 2.24. The van der Waals surface area contributed by atoms with Crippen LogP contribution in [0.1, 0.15) is 17.3 Å². The lowest BCUT2D eigenvalue weighted by molar-refractivity contribution is -0.116. The number of nitrogens with zero attached hydrogens (tertiary/aromatic N) is 3. The molecule has 25 heavy (non-hydrogen) atoms. The fraction of sp³-hybridized carbons (Fsp3) is 0.188. The summed E-state index contributed by atoms with van der Waals surface area (Å²) in [6.07, 6.45) is 3.19. The molecule has 3 rings (SSSR count). The Morgan fingerprint density at radius 2 is 2.16 bits per heavy atom. The first-order valence-corrected chi connectivity index (χ1v) is 9.33. The molecule has 1 amide bonds. The second-order valence-electron chi connectivity index (χ2n) is 5.20. The largest absolute Gasteiger partial charge is 0.325 e. The zero-order chi connectivity index (χ0) is 18.0. The highest BCUT2D eigenvalue weighted by Gasteiger charge is 2.13. The molecule has 0 spiro atoms. The van der Waals surface area contributed by atoms with Gasteiger partial charge in [-0.05, 0) is 25.3 Å². The molecule has 0 saturated heterocycles. The molecule has 0 aliphatic heterocycles. The number of amides is 1. The second-order valence-corrected chi connectivity index (χ2v) is 7.25. The molecule has 0 aliphatic rings. The standard InChI is InChI=1S/C16H14N4O3S2/c1-9(21)10-4-3-5-11(6-10)18-12(22)7-20-8-17-14-13(15(20)23)25-16(19-14)24-2/h3-6,8H,7H2,1-2H3,(H,18,22). The third-order valence-electron chi connectivity index (χ3n) is 3.41. The van der Waals surface area contributed by atoms with Gasteiger partial charge >= 0.3 is 0 Å². The van der Waals surface area contributed by atoms with E-state index in [-0.39, 0.29) is 23.8 Å². The lowest BCUT2D eigenvalue weighted by atomic mass is 10.1. The summed E-state index contributed by atoms with van der Waals surface area (Å²) in [5, 5.41) is 2.68. The van der Waals surface area contributed by atoms with Crippen molar-refractivity contribution in [3.63, 3.8) is 0 Å². The number of anilines is 1. The summed E-state index contributed by atoms with van der Waals surface area (Å²) < 4.78 is 2.43. The van der Waals surface area contributed by atoms with Gasteiger partial charge in [0.2, 0.25) is 5.91 Å². The molecule has 0 radical (unpaired) electrons. The maximum atomic E-state index is 12.4. The van der Waals surface area contributed by atoms with Crippen LogP contribution in [0, 0.1) is 0 Å². The molecule has 9 heteroatoms. The predicted octanol–water partition coefficient (Wildman–Crippen LogP) is 2.42. The Labute approximate surface area is 151 Å². The number of carbonyl (C=O) groups is 2. The van der Waals surface area contributed by atoms with Gasteiger partial charge in [-0.1, -0.05) is 23.9 Å². The summed E-state index contributed by atoms with van der Waals surface area (Å²) in [4.78, 5) is 44.4. The van der Waals surface area contributed by atoms with Crippen molar-refractivity contribution in [3.05, 3.63) is 46.5 Å². The van der Waals surface area contributed by atoms with Crippen molar-refractivity contribution in [2.24, 2.45) is 0 Å². The van der Waals surface area contributed by atoms with Gasteiger partial charge in [0.15, 0.2) is 15.8 Å². The number of Topliss-reactive ketones (excluding diaryl/α,β-unsaturated/α-hetero) is 1. The number of nitrogens with one attached hydrogen (secondary N) is 1. The van der Waals surface area contributed by atoms with Crippen molar-refractivity contribution in [3.8, 4) is 0 Å². The molecule has 7 nitrogen and oxygen atoms in total. The number of hydrogen-bond acceptors (Lipinski definition) is 7. The smallest absolute Gasteiger partial charge is 0.273 e. The Kier molecular flexibility index (Phi) is 4.95. The van der Waals surface area contributed by atoms with Gasteiger partial charge in [0.05, 0.1) is 0 Å². The monoisotopic (exact) mass is 374 g/mol. The molecular formula is C16H14N4O3S2. The van der Waals surface area contributed by atoms with Gasteiger partial charge in [-0.25, -0.2) is 9.97 Å². The molecule has 0 bridgehead atoms. The molecule has 2 aromatic heterocycles. The van der Waals surface area contributed by atoms with Crippen LogP contribution < -0.4 is 10.9 Å². The third kappa shape index (κ3) is 3.77. The van der Waals surface area contributed by atoms with E-state index in [4.69, 9.17) is 0 Å². The quantitative estimate of drug-likeness (QED) is 0.544. The zero-order valence-corrected chi connectivity index (χ0v) is 15.1. The number of benzene rings is 1. The summed E-state index contributed by atoms with van der Waals surface area (Å²) in [6, 6.07) is 6.64. The molecule has 0 saturated carbocycles. The van der Waals surface area contributed by atoms with Crippen LogP contribution in [0.25, 0.3) is 10.3 Å². The van der Waals surface area contributed by atoms with E-state index in [1.54, 1.807) is 24.3 Å². The molecule has 0 aliphatic carbocycles. The normalized spacial score (nSPS) is 10.8. The van der Waals surface area contributed by atoms with Crippen molar-refractivity contribution in [1.82, 2.24) is 14.5 Å². The topological polar surface area (TPSA) is 93.9 Å². The minimum absolute atomic E-state index is 0.0863. The maximum Gasteiger partial charge on any atom is 0.273 e. The van der Waals surface area contributed by atoms with Gasteiger partial charge in [-0.3, -0.25) is 19.0 Å². The van der Waals surface area contributed by atoms with Crippen molar-refractivity contribution < 1.29 is 9.59 Å². The Hall–Kier alpha value is -2.52. The van der Waals surface area contributed by atoms with E-state index in [0.29, 0.717) is 21.6 Å². The Morgan fingerprint density at radius 1 is 1.36 bits per heavy atom. The number of thioether (sulfide) groups is 1. The average Bonchev–Trinajstić information content (AvgIpc) is 3.02. The van der Waals surface area contributed by atoms with Crippen LogP contribution >= 0.6 is 23.1 Å². The molecule has 1 N–H and O–H groups in total. The van der Waals surface area contributed by atoms with E-state index in [2.05, 4.69) is 15.3 Å². The van der Waals surface area contributed by atoms with Crippen LogP contribution in [0.15, 0.2) is 39.7 Å². The molecule has 1 aromatic carbocycles. The SMILES string of the molecule is CSc1nc2ncn(CC(=O)Nc3cccc(C(C)=O)c3)c(=O)c2s1. The summed E-state index contributed by atoms with van der Waals surface area (Å²) >= 11 is 2.70. The lowest BCUT2D eigenvalue weighted by Gasteiger charge is -2.07. The molecular weight excluding hydrogens is 360 g/mol. The van der Waals surface area contributed by atoms with Crippen molar-refractivity contribution in [2.75, 3.05) is 11.6 Å². The van der Waals surface area contributed by atoms with Gasteiger partial charge in [-0.15, -0.1) is 11.3 Å². The molecule has 0 fully saturated rings. The van der Waals surface area contributed by atoms with Crippen LogP contribution in [0.2, 0.25) is 0 Å². The fourth-order valence-corrected chi connectivity index (χ4v) is 3.66. The van der Waals surface area contributed by atoms with Gasteiger partial charge < -0.3 is 5.32 Å². The first-order chi connectivity index (χ1) is 12.0. The van der Waals surface area contributed by atoms with E-state index in [1.165, 1.54) is 40.9 Å². The van der Waals surface area contributed by atoms with Crippen molar-refractivity contribution in [2.45, 2.75) is 17.8 Å². The second kappa shape index (κ2) is 7.16. The number of carbonyl (C=O) groups excluding carboxylic acids is 2. The number of aromatic nitrogens is 3. The molecule has 3 aromatic rings. The van der Waals surface area contributed by atoms with Crippen LogP contribution in [0.3, 0.4) is 0 Å². The van der Waals surface area contributed by atoms with Crippen LogP contribution in [0.4, 0.5) is 5.69 Å². The highest BCUT2D eigenvalue weighted by atomic mass is 32.2. The number of rotatable bonds is 5. The Bertz CT molecular complexity index is 1030. The minimum atomic E-state index is -0.376. The van der Waals surface area contributed by atoms with Gasteiger partial charge in [0, 0.05) is 11.3 Å². The van der Waals surface area contributed by atoms with Crippen LogP contribution in [-0.4, -0.2) is 32.5 Å². The molecule has 0 atom stereocenters. The maximum absolute atomic E-state index is 12.4. The summed E-state index contributed by atoms with van der Waals surface area (Å²) in [7, 11) is 0. The Balaban J connectivity index is 1.80. The van der Waals surface area contributed by atoms with E-state index in [1.807, 2.05) is 6.26 Å². The number of ketones is 1. The van der Waals surface area contributed by atoms with Gasteiger partial charge in [0.25, 0.3) is 5.56 Å². The van der Waals surface area contributed by atoms with E-state index in [0.717, 1.165) is 4.34 Å². The zero-order valence-electron chi connectivity index (χ0n) is 13.5. The van der Waals surface area contributed by atoms with Gasteiger partial charge in [0.1, 0.15) is 17.6 Å². The van der Waals surface area contributed by atoms with E-state index in [9.17, 15) is 14.4 Å². The van der Waals surface area contributed by atoms with Gasteiger partial charge in [-0.2, -0.15) is 0 Å².